The zero-order chi connectivity index (χ0) is 9.68. The van der Waals surface area contributed by atoms with E-state index in [0.29, 0.717) is 0 Å². The summed E-state index contributed by atoms with van der Waals surface area (Å²) in [6.07, 6.45) is 3.40. The third kappa shape index (κ3) is 3.32. The van der Waals surface area contributed by atoms with Crippen molar-refractivity contribution in [2.45, 2.75) is 26.2 Å². The average Bonchev–Trinajstić information content (AvgIpc) is 2.16. The van der Waals surface area contributed by atoms with Gasteiger partial charge in [-0.1, -0.05) is 40.5 Å². The number of alkyl halides is 1. The summed E-state index contributed by atoms with van der Waals surface area (Å²) < 4.78 is 0. The molecule has 0 saturated carbocycles. The van der Waals surface area contributed by atoms with Gasteiger partial charge in [-0.05, 0) is 42.5 Å². The average molecular weight is 262 g/mol. The van der Waals surface area contributed by atoms with Crippen molar-refractivity contribution in [2.75, 3.05) is 5.33 Å². The SMILES string of the molecule is CCc1cc(Cl)ccc1CCCBr. The molecule has 1 aromatic rings. The van der Waals surface area contributed by atoms with E-state index in [9.17, 15) is 0 Å². The van der Waals surface area contributed by atoms with Gasteiger partial charge in [0.15, 0.2) is 0 Å². The predicted molar refractivity (Wildman–Crippen MR) is 62.9 cm³/mol. The fraction of sp³-hybridized carbons (Fsp3) is 0.455. The van der Waals surface area contributed by atoms with E-state index >= 15 is 0 Å². The number of aryl methyl sites for hydroxylation is 2. The highest BCUT2D eigenvalue weighted by Crippen LogP contribution is 2.18. The van der Waals surface area contributed by atoms with E-state index in [0.717, 1.165) is 23.2 Å². The first kappa shape index (κ1) is 11.1. The summed E-state index contributed by atoms with van der Waals surface area (Å²) in [5.74, 6) is 0. The van der Waals surface area contributed by atoms with E-state index in [1.807, 2.05) is 6.07 Å². The van der Waals surface area contributed by atoms with Gasteiger partial charge in [-0.3, -0.25) is 0 Å². The van der Waals surface area contributed by atoms with Gasteiger partial charge in [0.2, 0.25) is 0 Å². The van der Waals surface area contributed by atoms with Crippen LogP contribution >= 0.6 is 27.5 Å². The van der Waals surface area contributed by atoms with Crippen LogP contribution in [-0.4, -0.2) is 5.33 Å². The van der Waals surface area contributed by atoms with Crippen LogP contribution in [0.5, 0.6) is 0 Å². The first-order chi connectivity index (χ1) is 6.27. The van der Waals surface area contributed by atoms with Gasteiger partial charge < -0.3 is 0 Å². The van der Waals surface area contributed by atoms with E-state index in [-0.39, 0.29) is 0 Å². The Hall–Kier alpha value is -0.0100. The Morgan fingerprint density at radius 2 is 2.08 bits per heavy atom. The molecule has 1 rings (SSSR count). The van der Waals surface area contributed by atoms with Gasteiger partial charge in [0.05, 0.1) is 0 Å². The molecule has 0 aliphatic carbocycles. The molecule has 0 aromatic heterocycles. The van der Waals surface area contributed by atoms with E-state index in [4.69, 9.17) is 11.6 Å². The predicted octanol–water partition coefficient (Wildman–Crippen LogP) is 4.23. The van der Waals surface area contributed by atoms with E-state index in [1.54, 1.807) is 0 Å². The summed E-state index contributed by atoms with van der Waals surface area (Å²) >= 11 is 9.36. The van der Waals surface area contributed by atoms with Gasteiger partial charge >= 0.3 is 0 Å². The second-order valence-corrected chi connectivity index (χ2v) is 4.29. The topological polar surface area (TPSA) is 0 Å². The summed E-state index contributed by atoms with van der Waals surface area (Å²) in [6.45, 7) is 2.17. The van der Waals surface area contributed by atoms with Crippen molar-refractivity contribution in [3.63, 3.8) is 0 Å². The maximum Gasteiger partial charge on any atom is 0.0408 e. The van der Waals surface area contributed by atoms with Crippen molar-refractivity contribution in [1.29, 1.82) is 0 Å². The molecule has 13 heavy (non-hydrogen) atoms. The standard InChI is InChI=1S/C11H14BrCl/c1-2-9-8-11(13)6-5-10(9)4-3-7-12/h5-6,8H,2-4,7H2,1H3. The zero-order valence-electron chi connectivity index (χ0n) is 7.82. The number of rotatable bonds is 4. The largest absolute Gasteiger partial charge is 0.0928 e. The summed E-state index contributed by atoms with van der Waals surface area (Å²) in [4.78, 5) is 0. The first-order valence-corrected chi connectivity index (χ1v) is 6.11. The highest BCUT2D eigenvalue weighted by molar-refractivity contribution is 9.09. The molecule has 0 aliphatic rings. The molecule has 0 heterocycles. The molecule has 0 fully saturated rings. The van der Waals surface area contributed by atoms with Crippen LogP contribution in [0.25, 0.3) is 0 Å². The Kier molecular flexibility index (Phi) is 4.82. The highest BCUT2D eigenvalue weighted by Gasteiger charge is 2.00. The van der Waals surface area contributed by atoms with Crippen molar-refractivity contribution in [3.8, 4) is 0 Å². The number of hydrogen-bond acceptors (Lipinski definition) is 0. The smallest absolute Gasteiger partial charge is 0.0408 e. The number of benzene rings is 1. The zero-order valence-corrected chi connectivity index (χ0v) is 10.2. The lowest BCUT2D eigenvalue weighted by Gasteiger charge is -2.06. The molecule has 0 amide bonds. The Morgan fingerprint density at radius 3 is 2.69 bits per heavy atom. The van der Waals surface area contributed by atoms with Gasteiger partial charge in [-0.15, -0.1) is 0 Å². The molecular formula is C11H14BrCl. The molecular weight excluding hydrogens is 247 g/mol. The molecule has 0 aliphatic heterocycles. The van der Waals surface area contributed by atoms with Crippen LogP contribution in [0.15, 0.2) is 18.2 Å². The molecule has 2 heteroatoms. The fourth-order valence-electron chi connectivity index (χ4n) is 1.42. The second-order valence-electron chi connectivity index (χ2n) is 3.06. The normalized spacial score (nSPS) is 10.4. The van der Waals surface area contributed by atoms with Crippen molar-refractivity contribution < 1.29 is 0 Å². The Labute approximate surface area is 93.4 Å². The maximum absolute atomic E-state index is 5.92. The second kappa shape index (κ2) is 5.66. The van der Waals surface area contributed by atoms with Crippen LogP contribution < -0.4 is 0 Å². The summed E-state index contributed by atoms with van der Waals surface area (Å²) in [7, 11) is 0. The third-order valence-electron chi connectivity index (χ3n) is 2.13. The number of halogens is 2. The van der Waals surface area contributed by atoms with Gasteiger partial charge in [-0.25, -0.2) is 0 Å². The molecule has 0 N–H and O–H groups in total. The molecule has 0 bridgehead atoms. The fourth-order valence-corrected chi connectivity index (χ4v) is 1.90. The Morgan fingerprint density at radius 1 is 1.31 bits per heavy atom. The van der Waals surface area contributed by atoms with Crippen LogP contribution in [0.3, 0.4) is 0 Å². The maximum atomic E-state index is 5.92. The molecule has 0 spiro atoms. The third-order valence-corrected chi connectivity index (χ3v) is 2.92. The van der Waals surface area contributed by atoms with E-state index in [2.05, 4.69) is 35.0 Å². The lowest BCUT2D eigenvalue weighted by Crippen LogP contribution is -1.93. The monoisotopic (exact) mass is 260 g/mol. The van der Waals surface area contributed by atoms with E-state index < -0.39 is 0 Å². The Balaban J connectivity index is 2.79. The molecule has 0 unspecified atom stereocenters. The lowest BCUT2D eigenvalue weighted by molar-refractivity contribution is 0.914. The van der Waals surface area contributed by atoms with Gasteiger partial charge in [-0.2, -0.15) is 0 Å². The molecule has 72 valence electrons. The van der Waals surface area contributed by atoms with Crippen molar-refractivity contribution in [3.05, 3.63) is 34.3 Å². The van der Waals surface area contributed by atoms with Crippen molar-refractivity contribution in [1.82, 2.24) is 0 Å². The minimum atomic E-state index is 0.847. The van der Waals surface area contributed by atoms with E-state index in [1.165, 1.54) is 17.5 Å². The van der Waals surface area contributed by atoms with Crippen LogP contribution in [-0.2, 0) is 12.8 Å². The molecule has 0 saturated heterocycles. The van der Waals surface area contributed by atoms with Crippen LogP contribution in [0.2, 0.25) is 5.02 Å². The summed E-state index contributed by atoms with van der Waals surface area (Å²) in [6, 6.07) is 6.19. The molecule has 1 aromatic carbocycles. The van der Waals surface area contributed by atoms with Crippen LogP contribution in [0.4, 0.5) is 0 Å². The first-order valence-electron chi connectivity index (χ1n) is 4.61. The molecule has 0 nitrogen and oxygen atoms in total. The number of hydrogen-bond donors (Lipinski definition) is 0. The minimum Gasteiger partial charge on any atom is -0.0928 e. The van der Waals surface area contributed by atoms with Gasteiger partial charge in [0, 0.05) is 10.4 Å². The summed E-state index contributed by atoms with van der Waals surface area (Å²) in [5.41, 5.74) is 2.82. The molecule has 0 radical (unpaired) electrons. The van der Waals surface area contributed by atoms with Gasteiger partial charge in [0.25, 0.3) is 0 Å². The van der Waals surface area contributed by atoms with Gasteiger partial charge in [0.1, 0.15) is 0 Å². The van der Waals surface area contributed by atoms with Crippen LogP contribution in [0.1, 0.15) is 24.5 Å². The summed E-state index contributed by atoms with van der Waals surface area (Å²) in [5, 5.41) is 1.91. The minimum absolute atomic E-state index is 0.847. The Bertz CT molecular complexity index is 271. The van der Waals surface area contributed by atoms with Crippen LogP contribution in [0, 0.1) is 0 Å². The van der Waals surface area contributed by atoms with Crippen molar-refractivity contribution >= 4 is 27.5 Å². The molecule has 0 atom stereocenters. The lowest BCUT2D eigenvalue weighted by atomic mass is 10.0. The van der Waals surface area contributed by atoms with Crippen molar-refractivity contribution in [2.24, 2.45) is 0 Å². The highest BCUT2D eigenvalue weighted by atomic mass is 79.9. The quantitative estimate of drug-likeness (QED) is 0.712.